The Hall–Kier alpha value is -3.67. The maximum atomic E-state index is 12.3. The predicted molar refractivity (Wildman–Crippen MR) is 108 cm³/mol. The largest absolute Gasteiger partial charge is 0.350 e. The van der Waals surface area contributed by atoms with Crippen LogP contribution in [0.15, 0.2) is 79.1 Å². The van der Waals surface area contributed by atoms with E-state index in [0.717, 1.165) is 28.2 Å². The number of carbonyl (C=O) groups excluding carboxylic acids is 1. The van der Waals surface area contributed by atoms with E-state index in [-0.39, 0.29) is 12.5 Å². The van der Waals surface area contributed by atoms with Gasteiger partial charge >= 0.3 is 0 Å². The molecule has 0 saturated heterocycles. The molecule has 140 valence electrons. The van der Waals surface area contributed by atoms with E-state index < -0.39 is 0 Å². The first-order chi connectivity index (χ1) is 13.7. The number of aryl methyl sites for hydroxylation is 1. The van der Waals surface area contributed by atoms with Crippen LogP contribution in [0.4, 0.5) is 0 Å². The molecule has 0 bridgehead atoms. The highest BCUT2D eigenvalue weighted by molar-refractivity contribution is 5.76. The van der Waals surface area contributed by atoms with Crippen LogP contribution >= 0.6 is 0 Å². The van der Waals surface area contributed by atoms with E-state index in [0.29, 0.717) is 6.54 Å². The summed E-state index contributed by atoms with van der Waals surface area (Å²) in [5, 5.41) is 12.0. The van der Waals surface area contributed by atoms with E-state index in [4.69, 9.17) is 5.10 Å². The fourth-order valence-electron chi connectivity index (χ4n) is 3.04. The molecule has 1 amide bonds. The van der Waals surface area contributed by atoms with Gasteiger partial charge in [0.15, 0.2) is 0 Å². The minimum Gasteiger partial charge on any atom is -0.350 e. The van der Waals surface area contributed by atoms with Gasteiger partial charge in [0, 0.05) is 30.1 Å². The molecule has 0 atom stereocenters. The third kappa shape index (κ3) is 4.01. The quantitative estimate of drug-likeness (QED) is 0.565. The number of nitrogens with zero attached hydrogens (tertiary/aromatic N) is 4. The summed E-state index contributed by atoms with van der Waals surface area (Å²) >= 11 is 0. The topological polar surface area (TPSA) is 64.7 Å². The number of benzene rings is 2. The monoisotopic (exact) mass is 371 g/mol. The van der Waals surface area contributed by atoms with Crippen molar-refractivity contribution in [2.45, 2.75) is 20.0 Å². The summed E-state index contributed by atoms with van der Waals surface area (Å²) in [6, 6.07) is 21.8. The van der Waals surface area contributed by atoms with Crippen LogP contribution in [0.1, 0.15) is 11.3 Å². The van der Waals surface area contributed by atoms with E-state index in [1.165, 1.54) is 0 Å². The summed E-state index contributed by atoms with van der Waals surface area (Å²) in [4.78, 5) is 12.3. The summed E-state index contributed by atoms with van der Waals surface area (Å²) in [5.41, 5.74) is 4.71. The fraction of sp³-hybridized carbons (Fsp3) is 0.136. The Labute approximate surface area is 163 Å². The molecule has 4 aromatic rings. The third-order valence-electron chi connectivity index (χ3n) is 4.41. The molecule has 0 aliphatic rings. The molecule has 6 heteroatoms. The van der Waals surface area contributed by atoms with Crippen molar-refractivity contribution in [2.24, 2.45) is 0 Å². The van der Waals surface area contributed by atoms with Gasteiger partial charge in [0.25, 0.3) is 0 Å². The van der Waals surface area contributed by atoms with Crippen molar-refractivity contribution in [3.8, 4) is 16.9 Å². The Morgan fingerprint density at radius 2 is 1.68 bits per heavy atom. The van der Waals surface area contributed by atoms with Gasteiger partial charge in [0.2, 0.25) is 5.91 Å². The maximum Gasteiger partial charge on any atom is 0.241 e. The Balaban J connectivity index is 1.56. The lowest BCUT2D eigenvalue weighted by Crippen LogP contribution is -2.27. The summed E-state index contributed by atoms with van der Waals surface area (Å²) in [5.74, 6) is -0.0884. The van der Waals surface area contributed by atoms with Gasteiger partial charge in [-0.3, -0.25) is 9.48 Å². The summed E-state index contributed by atoms with van der Waals surface area (Å²) in [7, 11) is 0. The number of carbonyl (C=O) groups is 1. The number of nitrogens with one attached hydrogen (secondary N) is 1. The van der Waals surface area contributed by atoms with E-state index in [9.17, 15) is 4.79 Å². The summed E-state index contributed by atoms with van der Waals surface area (Å²) in [6.45, 7) is 2.50. The molecule has 0 unspecified atom stereocenters. The van der Waals surface area contributed by atoms with Crippen molar-refractivity contribution in [3.05, 3.63) is 90.4 Å². The van der Waals surface area contributed by atoms with Gasteiger partial charge in [-0.05, 0) is 25.1 Å². The van der Waals surface area contributed by atoms with Crippen molar-refractivity contribution in [2.75, 3.05) is 0 Å². The van der Waals surface area contributed by atoms with Crippen LogP contribution in [0.25, 0.3) is 16.9 Å². The molecule has 0 fully saturated rings. The average molecular weight is 371 g/mol. The normalized spacial score (nSPS) is 10.8. The van der Waals surface area contributed by atoms with Crippen molar-refractivity contribution in [3.63, 3.8) is 0 Å². The van der Waals surface area contributed by atoms with Crippen molar-refractivity contribution in [1.82, 2.24) is 24.9 Å². The van der Waals surface area contributed by atoms with Crippen LogP contribution < -0.4 is 5.32 Å². The number of para-hydroxylation sites is 1. The van der Waals surface area contributed by atoms with Gasteiger partial charge in [0.1, 0.15) is 6.54 Å². The van der Waals surface area contributed by atoms with Crippen LogP contribution in [-0.2, 0) is 17.9 Å². The lowest BCUT2D eigenvalue weighted by atomic mass is 10.1. The standard InChI is InChI=1S/C22H21N5O/c1-17-12-13-26(24-17)16-21(28)23-14-19-15-27(20-10-6-3-7-11-20)25-22(19)18-8-4-2-5-9-18/h2-13,15H,14,16H2,1H3,(H,23,28). The highest BCUT2D eigenvalue weighted by Crippen LogP contribution is 2.23. The molecule has 0 saturated carbocycles. The van der Waals surface area contributed by atoms with Gasteiger partial charge < -0.3 is 5.32 Å². The van der Waals surface area contributed by atoms with E-state index >= 15 is 0 Å². The lowest BCUT2D eigenvalue weighted by Gasteiger charge is -2.06. The first-order valence-corrected chi connectivity index (χ1v) is 9.15. The average Bonchev–Trinajstić information content (AvgIpc) is 3.34. The van der Waals surface area contributed by atoms with Crippen LogP contribution in [0.5, 0.6) is 0 Å². The van der Waals surface area contributed by atoms with Crippen LogP contribution in [0.3, 0.4) is 0 Å². The second-order valence-corrected chi connectivity index (χ2v) is 6.58. The molecular weight excluding hydrogens is 350 g/mol. The van der Waals surface area contributed by atoms with Crippen LogP contribution in [0.2, 0.25) is 0 Å². The number of hydrogen-bond acceptors (Lipinski definition) is 3. The van der Waals surface area contributed by atoms with Crippen molar-refractivity contribution < 1.29 is 4.79 Å². The van der Waals surface area contributed by atoms with Crippen molar-refractivity contribution in [1.29, 1.82) is 0 Å². The van der Waals surface area contributed by atoms with Gasteiger partial charge in [-0.2, -0.15) is 10.2 Å². The van der Waals surface area contributed by atoms with Gasteiger partial charge in [0.05, 0.1) is 17.1 Å². The smallest absolute Gasteiger partial charge is 0.241 e. The molecule has 0 spiro atoms. The molecular formula is C22H21N5O. The SMILES string of the molecule is Cc1ccn(CC(=O)NCc2cn(-c3ccccc3)nc2-c2ccccc2)n1. The highest BCUT2D eigenvalue weighted by atomic mass is 16.2. The zero-order valence-electron chi connectivity index (χ0n) is 15.6. The molecule has 28 heavy (non-hydrogen) atoms. The number of rotatable bonds is 6. The molecule has 6 nitrogen and oxygen atoms in total. The fourth-order valence-corrected chi connectivity index (χ4v) is 3.04. The molecule has 2 aromatic carbocycles. The second-order valence-electron chi connectivity index (χ2n) is 6.58. The molecule has 0 aliphatic carbocycles. The Morgan fingerprint density at radius 3 is 2.36 bits per heavy atom. The van der Waals surface area contributed by atoms with Gasteiger partial charge in [-0.15, -0.1) is 0 Å². The molecule has 2 aromatic heterocycles. The second kappa shape index (κ2) is 7.92. The van der Waals surface area contributed by atoms with E-state index in [1.807, 2.05) is 84.5 Å². The lowest BCUT2D eigenvalue weighted by molar-refractivity contribution is -0.122. The Bertz CT molecular complexity index is 1070. The zero-order chi connectivity index (χ0) is 19.3. The predicted octanol–water partition coefficient (Wildman–Crippen LogP) is 3.36. The van der Waals surface area contributed by atoms with Crippen LogP contribution in [-0.4, -0.2) is 25.5 Å². The van der Waals surface area contributed by atoms with E-state index in [2.05, 4.69) is 10.4 Å². The molecule has 0 radical (unpaired) electrons. The Morgan fingerprint density at radius 1 is 0.964 bits per heavy atom. The number of amides is 1. The molecule has 4 rings (SSSR count). The summed E-state index contributed by atoms with van der Waals surface area (Å²) < 4.78 is 3.48. The van der Waals surface area contributed by atoms with Gasteiger partial charge in [-0.1, -0.05) is 48.5 Å². The molecule has 1 N–H and O–H groups in total. The first kappa shape index (κ1) is 17.7. The number of aromatic nitrogens is 4. The van der Waals surface area contributed by atoms with Gasteiger partial charge in [-0.25, -0.2) is 4.68 Å². The first-order valence-electron chi connectivity index (χ1n) is 9.15. The highest BCUT2D eigenvalue weighted by Gasteiger charge is 2.13. The maximum absolute atomic E-state index is 12.3. The minimum absolute atomic E-state index is 0.0884. The molecule has 2 heterocycles. The van der Waals surface area contributed by atoms with Crippen molar-refractivity contribution >= 4 is 5.91 Å². The minimum atomic E-state index is -0.0884. The third-order valence-corrected chi connectivity index (χ3v) is 4.41. The Kier molecular flexibility index (Phi) is 5.01. The molecule has 0 aliphatic heterocycles. The number of hydrogen-bond donors (Lipinski definition) is 1. The van der Waals surface area contributed by atoms with Crippen LogP contribution in [0, 0.1) is 6.92 Å². The summed E-state index contributed by atoms with van der Waals surface area (Å²) in [6.07, 6.45) is 3.77. The van der Waals surface area contributed by atoms with E-state index in [1.54, 1.807) is 10.9 Å². The zero-order valence-corrected chi connectivity index (χ0v) is 15.6.